The van der Waals surface area contributed by atoms with E-state index in [1.165, 1.54) is 0 Å². The molecule has 0 saturated heterocycles. The van der Waals surface area contributed by atoms with Crippen molar-refractivity contribution < 1.29 is 0 Å². The third-order valence-corrected chi connectivity index (χ3v) is 4.63. The van der Waals surface area contributed by atoms with Crippen LogP contribution in [-0.2, 0) is 0 Å². The first kappa shape index (κ1) is 14.9. The lowest BCUT2D eigenvalue weighted by atomic mass is 10.3. The SMILES string of the molecule is Cc1nc(Cl)c(C)c(Nc2ccc(Br)c(Cl)c2Cl)n1. The summed E-state index contributed by atoms with van der Waals surface area (Å²) in [5.74, 6) is 1.19. The van der Waals surface area contributed by atoms with Crippen LogP contribution < -0.4 is 5.32 Å². The molecule has 0 amide bonds. The van der Waals surface area contributed by atoms with E-state index < -0.39 is 0 Å². The van der Waals surface area contributed by atoms with Gasteiger partial charge >= 0.3 is 0 Å². The van der Waals surface area contributed by atoms with Crippen LogP contribution in [0.3, 0.4) is 0 Å². The lowest BCUT2D eigenvalue weighted by molar-refractivity contribution is 1.04. The van der Waals surface area contributed by atoms with Gasteiger partial charge < -0.3 is 5.32 Å². The summed E-state index contributed by atoms with van der Waals surface area (Å²) in [5, 5.41) is 4.39. The molecule has 0 fully saturated rings. The minimum atomic E-state index is 0.411. The Morgan fingerprint density at radius 3 is 2.42 bits per heavy atom. The van der Waals surface area contributed by atoms with Gasteiger partial charge in [-0.3, -0.25) is 0 Å². The van der Waals surface area contributed by atoms with Gasteiger partial charge in [0.2, 0.25) is 0 Å². The topological polar surface area (TPSA) is 37.8 Å². The Balaban J connectivity index is 2.45. The van der Waals surface area contributed by atoms with Gasteiger partial charge in [-0.05, 0) is 41.9 Å². The number of halogens is 4. The second-order valence-corrected chi connectivity index (χ2v) is 5.85. The normalized spacial score (nSPS) is 10.6. The number of benzene rings is 1. The number of hydrogen-bond acceptors (Lipinski definition) is 3. The van der Waals surface area contributed by atoms with E-state index in [4.69, 9.17) is 34.8 Å². The van der Waals surface area contributed by atoms with Gasteiger partial charge in [0.1, 0.15) is 16.8 Å². The summed E-state index contributed by atoms with van der Waals surface area (Å²) in [6.45, 7) is 3.60. The molecule has 0 radical (unpaired) electrons. The van der Waals surface area contributed by atoms with Crippen molar-refractivity contribution in [2.45, 2.75) is 13.8 Å². The van der Waals surface area contributed by atoms with E-state index in [9.17, 15) is 0 Å². The second-order valence-electron chi connectivity index (χ2n) is 3.88. The predicted octanol–water partition coefficient (Wildman–Crippen LogP) is 5.56. The summed E-state index contributed by atoms with van der Waals surface area (Å²) in [6, 6.07) is 3.62. The van der Waals surface area contributed by atoms with Crippen LogP contribution in [0.1, 0.15) is 11.4 Å². The molecule has 100 valence electrons. The van der Waals surface area contributed by atoms with Crippen molar-refractivity contribution in [3.8, 4) is 0 Å². The predicted molar refractivity (Wildman–Crippen MR) is 84.0 cm³/mol. The molecule has 1 aromatic heterocycles. The van der Waals surface area contributed by atoms with Gasteiger partial charge in [-0.2, -0.15) is 0 Å². The maximum absolute atomic E-state index is 6.18. The Kier molecular flexibility index (Phi) is 4.56. The van der Waals surface area contributed by atoms with Crippen molar-refractivity contribution >= 4 is 62.2 Å². The van der Waals surface area contributed by atoms with E-state index in [1.807, 2.05) is 19.1 Å². The molecule has 2 aromatic rings. The Morgan fingerprint density at radius 2 is 1.74 bits per heavy atom. The highest BCUT2D eigenvalue weighted by molar-refractivity contribution is 9.10. The van der Waals surface area contributed by atoms with Crippen LogP contribution in [-0.4, -0.2) is 9.97 Å². The molecule has 0 aliphatic rings. The average Bonchev–Trinajstić information content (AvgIpc) is 2.36. The highest BCUT2D eigenvalue weighted by atomic mass is 79.9. The molecule has 7 heteroatoms. The molecule has 0 atom stereocenters. The van der Waals surface area contributed by atoms with E-state index >= 15 is 0 Å². The smallest absolute Gasteiger partial charge is 0.138 e. The van der Waals surface area contributed by atoms with Crippen molar-refractivity contribution in [1.29, 1.82) is 0 Å². The van der Waals surface area contributed by atoms with Crippen molar-refractivity contribution in [1.82, 2.24) is 9.97 Å². The maximum Gasteiger partial charge on any atom is 0.138 e. The highest BCUT2D eigenvalue weighted by Crippen LogP contribution is 2.37. The van der Waals surface area contributed by atoms with E-state index in [2.05, 4.69) is 31.2 Å². The van der Waals surface area contributed by atoms with Crippen LogP contribution in [0.15, 0.2) is 16.6 Å². The summed E-state index contributed by atoms with van der Waals surface area (Å²) in [7, 11) is 0. The van der Waals surface area contributed by atoms with Crippen molar-refractivity contribution in [3.05, 3.63) is 43.2 Å². The van der Waals surface area contributed by atoms with E-state index in [-0.39, 0.29) is 0 Å². The summed E-state index contributed by atoms with van der Waals surface area (Å²) in [6.07, 6.45) is 0. The quantitative estimate of drug-likeness (QED) is 0.547. The fraction of sp³-hybridized carbons (Fsp3) is 0.167. The zero-order valence-electron chi connectivity index (χ0n) is 10.1. The molecule has 0 aliphatic carbocycles. The number of aromatic nitrogens is 2. The van der Waals surface area contributed by atoms with Crippen LogP contribution in [0.4, 0.5) is 11.5 Å². The number of rotatable bonds is 2. The molecular formula is C12H9BrCl3N3. The lowest BCUT2D eigenvalue weighted by Crippen LogP contribution is -2.01. The number of nitrogens with zero attached hydrogens (tertiary/aromatic N) is 2. The van der Waals surface area contributed by atoms with Crippen molar-refractivity contribution in [3.63, 3.8) is 0 Å². The van der Waals surface area contributed by atoms with E-state index in [1.54, 1.807) is 6.92 Å². The minimum Gasteiger partial charge on any atom is -0.339 e. The average molecular weight is 381 g/mol. The molecule has 19 heavy (non-hydrogen) atoms. The maximum atomic E-state index is 6.18. The Labute approximate surface area is 134 Å². The van der Waals surface area contributed by atoms with Crippen LogP contribution >= 0.6 is 50.7 Å². The highest BCUT2D eigenvalue weighted by Gasteiger charge is 2.12. The number of hydrogen-bond donors (Lipinski definition) is 1. The molecule has 2 rings (SSSR count). The van der Waals surface area contributed by atoms with Gasteiger partial charge in [-0.15, -0.1) is 0 Å². The van der Waals surface area contributed by atoms with Crippen LogP contribution in [0.25, 0.3) is 0 Å². The first-order chi connectivity index (χ1) is 8.90. The Hall–Kier alpha value is -0.550. The van der Waals surface area contributed by atoms with Crippen LogP contribution in [0.5, 0.6) is 0 Å². The van der Waals surface area contributed by atoms with Crippen LogP contribution in [0.2, 0.25) is 15.2 Å². The van der Waals surface area contributed by atoms with Gasteiger partial charge in [0.05, 0.1) is 15.7 Å². The third kappa shape index (κ3) is 3.14. The second kappa shape index (κ2) is 5.83. The molecule has 0 spiro atoms. The summed E-state index contributed by atoms with van der Waals surface area (Å²) in [5.41, 5.74) is 1.41. The number of aryl methyl sites for hydroxylation is 1. The van der Waals surface area contributed by atoms with E-state index in [0.29, 0.717) is 32.5 Å². The molecule has 1 aromatic carbocycles. The summed E-state index contributed by atoms with van der Waals surface area (Å²) in [4.78, 5) is 8.38. The first-order valence-electron chi connectivity index (χ1n) is 5.31. The Bertz CT molecular complexity index is 647. The zero-order chi connectivity index (χ0) is 14.2. The molecule has 0 unspecified atom stereocenters. The fourth-order valence-electron chi connectivity index (χ4n) is 1.47. The summed E-state index contributed by atoms with van der Waals surface area (Å²) >= 11 is 21.6. The number of anilines is 2. The Morgan fingerprint density at radius 1 is 1.05 bits per heavy atom. The molecule has 0 saturated carbocycles. The first-order valence-corrected chi connectivity index (χ1v) is 7.24. The van der Waals surface area contributed by atoms with Crippen molar-refractivity contribution in [2.24, 2.45) is 0 Å². The molecule has 1 heterocycles. The molecule has 0 bridgehead atoms. The molecule has 1 N–H and O–H groups in total. The monoisotopic (exact) mass is 379 g/mol. The molecular weight excluding hydrogens is 372 g/mol. The summed E-state index contributed by atoms with van der Waals surface area (Å²) < 4.78 is 0.735. The molecule has 0 aliphatic heterocycles. The molecule has 3 nitrogen and oxygen atoms in total. The standard InChI is InChI=1S/C12H9BrCl3N3/c1-5-11(16)17-6(2)18-12(5)19-8-4-3-7(13)9(14)10(8)15/h3-4H,1-2H3,(H,17,18,19). The van der Waals surface area contributed by atoms with Gasteiger partial charge in [0, 0.05) is 10.0 Å². The minimum absolute atomic E-state index is 0.411. The van der Waals surface area contributed by atoms with Gasteiger partial charge in [0.15, 0.2) is 0 Å². The zero-order valence-corrected chi connectivity index (χ0v) is 13.9. The third-order valence-electron chi connectivity index (χ3n) is 2.49. The number of nitrogens with one attached hydrogen (secondary N) is 1. The van der Waals surface area contributed by atoms with E-state index in [0.717, 1.165) is 10.0 Å². The lowest BCUT2D eigenvalue weighted by Gasteiger charge is -2.12. The van der Waals surface area contributed by atoms with Crippen molar-refractivity contribution in [2.75, 3.05) is 5.32 Å². The fourth-order valence-corrected chi connectivity index (χ4v) is 2.50. The largest absolute Gasteiger partial charge is 0.339 e. The van der Waals surface area contributed by atoms with Gasteiger partial charge in [-0.25, -0.2) is 9.97 Å². The van der Waals surface area contributed by atoms with Gasteiger partial charge in [0.25, 0.3) is 0 Å². The van der Waals surface area contributed by atoms with Gasteiger partial charge in [-0.1, -0.05) is 34.8 Å². The van der Waals surface area contributed by atoms with Crippen LogP contribution in [0, 0.1) is 13.8 Å².